The van der Waals surface area contributed by atoms with Crippen LogP contribution < -0.4 is 9.64 Å². The Morgan fingerprint density at radius 2 is 0.618 bits per heavy atom. The van der Waals surface area contributed by atoms with Crippen molar-refractivity contribution >= 4 is 17.1 Å². The standard InChI is InChI=1S/C66H51NO/c1-65(2)59-21-13-14-22-63(59)68-64-40-31-51(43-62(64)65)46-25-34-53(35-26-46)67(54-36-27-48(28-37-54)56-20-12-11-19-55(56)47-17-9-6-10-18-47)52-32-23-45(24-33-52)50-30-39-58-57-38-29-49(44-15-7-5-8-16-44)41-60(57)66(3,4)61(58)42-50/h5-43H,1-4H3. The number of para-hydroxylation sites is 1. The molecule has 2 aliphatic rings. The Balaban J connectivity index is 0.891. The lowest BCUT2D eigenvalue weighted by Crippen LogP contribution is -2.24. The molecule has 0 saturated carbocycles. The lowest BCUT2D eigenvalue weighted by Gasteiger charge is -2.34. The van der Waals surface area contributed by atoms with E-state index < -0.39 is 0 Å². The predicted molar refractivity (Wildman–Crippen MR) is 285 cm³/mol. The molecular weight excluding hydrogens is 823 g/mol. The zero-order chi connectivity index (χ0) is 46.0. The van der Waals surface area contributed by atoms with Crippen LogP contribution in [0.4, 0.5) is 17.1 Å². The Bertz CT molecular complexity index is 3490. The van der Waals surface area contributed by atoms with Crippen molar-refractivity contribution in [3.63, 3.8) is 0 Å². The summed E-state index contributed by atoms with van der Waals surface area (Å²) in [5.74, 6) is 1.85. The van der Waals surface area contributed by atoms with Crippen molar-refractivity contribution in [1.82, 2.24) is 0 Å². The van der Waals surface area contributed by atoms with E-state index in [1.807, 2.05) is 6.07 Å². The summed E-state index contributed by atoms with van der Waals surface area (Å²) in [5, 5.41) is 0. The van der Waals surface area contributed by atoms with Crippen molar-refractivity contribution < 1.29 is 4.74 Å². The van der Waals surface area contributed by atoms with Crippen molar-refractivity contribution in [2.24, 2.45) is 0 Å². The fourth-order valence-electron chi connectivity index (χ4n) is 10.8. The second kappa shape index (κ2) is 16.3. The van der Waals surface area contributed by atoms with Gasteiger partial charge in [-0.05, 0) is 145 Å². The number of hydrogen-bond donors (Lipinski definition) is 0. The average molecular weight is 874 g/mol. The van der Waals surface area contributed by atoms with Gasteiger partial charge in [-0.3, -0.25) is 0 Å². The van der Waals surface area contributed by atoms with Gasteiger partial charge in [0.05, 0.1) is 0 Å². The lowest BCUT2D eigenvalue weighted by molar-refractivity contribution is 0.418. The van der Waals surface area contributed by atoms with Crippen LogP contribution in [0.2, 0.25) is 0 Å². The van der Waals surface area contributed by atoms with E-state index in [-0.39, 0.29) is 10.8 Å². The van der Waals surface area contributed by atoms with Crippen LogP contribution in [0, 0.1) is 0 Å². The van der Waals surface area contributed by atoms with E-state index in [9.17, 15) is 0 Å². The van der Waals surface area contributed by atoms with Crippen molar-refractivity contribution in [1.29, 1.82) is 0 Å². The van der Waals surface area contributed by atoms with Crippen LogP contribution in [0.15, 0.2) is 237 Å². The van der Waals surface area contributed by atoms with E-state index in [0.29, 0.717) is 0 Å². The Labute approximate surface area is 400 Å². The molecule has 68 heavy (non-hydrogen) atoms. The molecule has 1 aliphatic carbocycles. The third kappa shape index (κ3) is 7.04. The molecule has 2 heteroatoms. The Hall–Kier alpha value is -8.20. The smallest absolute Gasteiger partial charge is 0.131 e. The highest BCUT2D eigenvalue weighted by molar-refractivity contribution is 5.88. The number of nitrogens with zero attached hydrogens (tertiary/aromatic N) is 1. The first-order valence-electron chi connectivity index (χ1n) is 23.7. The van der Waals surface area contributed by atoms with Crippen molar-refractivity contribution in [3.05, 3.63) is 259 Å². The van der Waals surface area contributed by atoms with Gasteiger partial charge in [-0.15, -0.1) is 0 Å². The number of anilines is 3. The maximum atomic E-state index is 6.41. The predicted octanol–water partition coefficient (Wildman–Crippen LogP) is 18.2. The highest BCUT2D eigenvalue weighted by atomic mass is 16.5. The van der Waals surface area contributed by atoms with E-state index in [1.54, 1.807) is 0 Å². The maximum absolute atomic E-state index is 6.41. The molecule has 10 aromatic rings. The summed E-state index contributed by atoms with van der Waals surface area (Å²) < 4.78 is 6.41. The van der Waals surface area contributed by atoms with Gasteiger partial charge in [-0.1, -0.05) is 198 Å². The van der Waals surface area contributed by atoms with Gasteiger partial charge in [0.2, 0.25) is 0 Å². The highest BCUT2D eigenvalue weighted by Crippen LogP contribution is 2.52. The van der Waals surface area contributed by atoms with Crippen LogP contribution in [0.1, 0.15) is 49.9 Å². The molecule has 0 unspecified atom stereocenters. The molecule has 0 spiro atoms. The largest absolute Gasteiger partial charge is 0.457 e. The molecule has 1 aliphatic heterocycles. The molecule has 2 nitrogen and oxygen atoms in total. The molecule has 12 rings (SSSR count). The van der Waals surface area contributed by atoms with E-state index >= 15 is 0 Å². The van der Waals surface area contributed by atoms with Crippen LogP contribution in [-0.4, -0.2) is 0 Å². The number of ether oxygens (including phenoxy) is 1. The Morgan fingerprint density at radius 1 is 0.265 bits per heavy atom. The molecular formula is C66H51NO. The summed E-state index contributed by atoms with van der Waals surface area (Å²) in [6, 6.07) is 86.2. The van der Waals surface area contributed by atoms with Gasteiger partial charge in [-0.25, -0.2) is 0 Å². The fourth-order valence-corrected chi connectivity index (χ4v) is 10.8. The third-order valence-corrected chi connectivity index (χ3v) is 14.6. The normalized spacial score (nSPS) is 13.6. The first kappa shape index (κ1) is 41.2. The van der Waals surface area contributed by atoms with E-state index in [0.717, 1.165) is 34.1 Å². The first-order valence-corrected chi connectivity index (χ1v) is 23.7. The number of benzene rings is 10. The second-order valence-electron chi connectivity index (χ2n) is 19.3. The van der Waals surface area contributed by atoms with Gasteiger partial charge in [0.1, 0.15) is 11.5 Å². The van der Waals surface area contributed by atoms with Crippen LogP contribution >= 0.6 is 0 Å². The molecule has 0 radical (unpaired) electrons. The zero-order valence-corrected chi connectivity index (χ0v) is 38.9. The van der Waals surface area contributed by atoms with Gasteiger partial charge < -0.3 is 9.64 Å². The number of fused-ring (bicyclic) bond motifs is 5. The summed E-state index contributed by atoms with van der Waals surface area (Å²) in [5.41, 5.74) is 22.8. The van der Waals surface area contributed by atoms with Crippen molar-refractivity contribution in [3.8, 4) is 78.3 Å². The SMILES string of the molecule is CC1(C)c2ccccc2Oc2ccc(-c3ccc(N(c4ccc(-c5ccc6c(c5)C(C)(C)c5cc(-c7ccccc7)ccc5-6)cc4)c4ccc(-c5ccccc5-c5ccccc5)cc4)cc3)cc21. The van der Waals surface area contributed by atoms with Gasteiger partial charge in [0.25, 0.3) is 0 Å². The summed E-state index contributed by atoms with van der Waals surface area (Å²) in [6.45, 7) is 9.32. The van der Waals surface area contributed by atoms with Crippen LogP contribution in [-0.2, 0) is 10.8 Å². The van der Waals surface area contributed by atoms with Gasteiger partial charge in [0, 0.05) is 39.0 Å². The molecule has 0 aromatic heterocycles. The van der Waals surface area contributed by atoms with Crippen molar-refractivity contribution in [2.75, 3.05) is 4.90 Å². The molecule has 326 valence electrons. The maximum Gasteiger partial charge on any atom is 0.131 e. The minimum absolute atomic E-state index is 0.128. The lowest BCUT2D eigenvalue weighted by atomic mass is 9.75. The molecule has 1 heterocycles. The summed E-state index contributed by atoms with van der Waals surface area (Å²) in [4.78, 5) is 2.37. The highest BCUT2D eigenvalue weighted by Gasteiger charge is 2.36. The van der Waals surface area contributed by atoms with Gasteiger partial charge in [-0.2, -0.15) is 0 Å². The Morgan fingerprint density at radius 3 is 1.15 bits per heavy atom. The minimum Gasteiger partial charge on any atom is -0.457 e. The van der Waals surface area contributed by atoms with Crippen molar-refractivity contribution in [2.45, 2.75) is 38.5 Å². The van der Waals surface area contributed by atoms with Gasteiger partial charge >= 0.3 is 0 Å². The summed E-state index contributed by atoms with van der Waals surface area (Å²) in [6.07, 6.45) is 0. The summed E-state index contributed by atoms with van der Waals surface area (Å²) >= 11 is 0. The molecule has 0 fully saturated rings. The number of rotatable bonds is 8. The van der Waals surface area contributed by atoms with E-state index in [4.69, 9.17) is 4.74 Å². The molecule has 0 atom stereocenters. The average Bonchev–Trinajstić information content (AvgIpc) is 3.62. The fraction of sp³-hybridized carbons (Fsp3) is 0.0909. The minimum atomic E-state index is -0.190. The topological polar surface area (TPSA) is 12.5 Å². The van der Waals surface area contributed by atoms with E-state index in [2.05, 4.69) is 263 Å². The molecule has 0 amide bonds. The van der Waals surface area contributed by atoms with Crippen LogP contribution in [0.3, 0.4) is 0 Å². The quantitative estimate of drug-likeness (QED) is 0.151. The first-order chi connectivity index (χ1) is 33.2. The van der Waals surface area contributed by atoms with Gasteiger partial charge in [0.15, 0.2) is 0 Å². The van der Waals surface area contributed by atoms with Crippen LogP contribution in [0.25, 0.3) is 66.8 Å². The molecule has 0 N–H and O–H groups in total. The number of hydrogen-bond acceptors (Lipinski definition) is 2. The molecule has 0 saturated heterocycles. The summed E-state index contributed by atoms with van der Waals surface area (Å²) in [7, 11) is 0. The molecule has 10 aromatic carbocycles. The van der Waals surface area contributed by atoms with Crippen LogP contribution in [0.5, 0.6) is 11.5 Å². The zero-order valence-electron chi connectivity index (χ0n) is 38.9. The monoisotopic (exact) mass is 873 g/mol. The third-order valence-electron chi connectivity index (χ3n) is 14.6. The Kier molecular flexibility index (Phi) is 9.88. The molecule has 0 bridgehead atoms. The second-order valence-corrected chi connectivity index (χ2v) is 19.3. The van der Waals surface area contributed by atoms with E-state index in [1.165, 1.54) is 83.5 Å².